The minimum Gasteiger partial charge on any atom is -0.383 e. The Kier molecular flexibility index (Phi) is 5.87. The molecule has 0 unspecified atom stereocenters. The lowest BCUT2D eigenvalue weighted by molar-refractivity contribution is -0.122. The van der Waals surface area contributed by atoms with E-state index in [1.54, 1.807) is 12.0 Å². The third kappa shape index (κ3) is 3.74. The molecule has 0 bridgehead atoms. The normalized spacial score (nSPS) is 16.2. The number of halogens is 1. The van der Waals surface area contributed by atoms with Gasteiger partial charge in [-0.3, -0.25) is 9.69 Å². The molecule has 7 heteroatoms. The summed E-state index contributed by atoms with van der Waals surface area (Å²) in [6, 6.07) is 9.78. The van der Waals surface area contributed by atoms with Crippen LogP contribution in [-0.2, 0) is 9.53 Å². The molecule has 4 nitrogen and oxygen atoms in total. The van der Waals surface area contributed by atoms with Gasteiger partial charge in [-0.2, -0.15) is 0 Å². The van der Waals surface area contributed by atoms with Crippen LogP contribution in [0.15, 0.2) is 35.2 Å². The van der Waals surface area contributed by atoms with Gasteiger partial charge in [0.15, 0.2) is 0 Å². The molecule has 1 aromatic heterocycles. The Bertz CT molecular complexity index is 888. The van der Waals surface area contributed by atoms with E-state index in [-0.39, 0.29) is 5.91 Å². The maximum Gasteiger partial charge on any atom is 0.266 e. The Morgan fingerprint density at radius 3 is 2.62 bits per heavy atom. The molecular weight excluding hydrogens is 388 g/mol. The number of hydrogen-bond donors (Lipinski definition) is 0. The average molecular weight is 407 g/mol. The summed E-state index contributed by atoms with van der Waals surface area (Å²) in [5.41, 5.74) is 4.19. The first-order chi connectivity index (χ1) is 12.4. The zero-order valence-electron chi connectivity index (χ0n) is 14.8. The van der Waals surface area contributed by atoms with E-state index in [1.165, 1.54) is 11.8 Å². The molecule has 1 fully saturated rings. The molecule has 1 aromatic carbocycles. The molecule has 2 heterocycles. The van der Waals surface area contributed by atoms with Crippen molar-refractivity contribution in [3.63, 3.8) is 0 Å². The first-order valence-electron chi connectivity index (χ1n) is 8.11. The summed E-state index contributed by atoms with van der Waals surface area (Å²) in [7, 11) is 1.61. The number of aromatic nitrogens is 1. The van der Waals surface area contributed by atoms with Crippen molar-refractivity contribution in [1.82, 2.24) is 9.47 Å². The number of hydrogen-bond acceptors (Lipinski definition) is 4. The number of aryl methyl sites for hydroxylation is 1. The highest BCUT2D eigenvalue weighted by atomic mass is 35.5. The zero-order valence-corrected chi connectivity index (χ0v) is 17.2. The van der Waals surface area contributed by atoms with Gasteiger partial charge in [0.05, 0.1) is 18.1 Å². The van der Waals surface area contributed by atoms with Crippen LogP contribution in [0.5, 0.6) is 0 Å². The van der Waals surface area contributed by atoms with E-state index in [4.69, 9.17) is 28.6 Å². The number of amides is 1. The number of ether oxygens (including phenoxy) is 1. The number of rotatable bonds is 5. The van der Waals surface area contributed by atoms with Crippen LogP contribution in [0.1, 0.15) is 17.0 Å². The van der Waals surface area contributed by atoms with Crippen LogP contribution in [0.25, 0.3) is 11.8 Å². The van der Waals surface area contributed by atoms with E-state index < -0.39 is 0 Å². The second-order valence-electron chi connectivity index (χ2n) is 5.96. The van der Waals surface area contributed by atoms with Crippen LogP contribution in [0.2, 0.25) is 5.02 Å². The van der Waals surface area contributed by atoms with Gasteiger partial charge >= 0.3 is 0 Å². The van der Waals surface area contributed by atoms with Crippen LogP contribution in [0, 0.1) is 13.8 Å². The summed E-state index contributed by atoms with van der Waals surface area (Å²) in [5, 5.41) is 0.705. The second-order valence-corrected chi connectivity index (χ2v) is 8.08. The van der Waals surface area contributed by atoms with E-state index in [9.17, 15) is 4.79 Å². The highest BCUT2D eigenvalue weighted by molar-refractivity contribution is 8.26. The standard InChI is InChI=1S/C19H19ClN2O2S2/c1-12-10-14(13(2)22(12)16-6-4-15(20)5-7-16)11-17-18(23)21(8-9-24-3)19(25)26-17/h4-7,10-11H,8-9H2,1-3H3/b17-11-. The first-order valence-corrected chi connectivity index (χ1v) is 9.72. The maximum absolute atomic E-state index is 12.6. The predicted octanol–water partition coefficient (Wildman–Crippen LogP) is 4.60. The van der Waals surface area contributed by atoms with Gasteiger partial charge in [0.1, 0.15) is 4.32 Å². The predicted molar refractivity (Wildman–Crippen MR) is 112 cm³/mol. The van der Waals surface area contributed by atoms with Crippen molar-refractivity contribution in [3.05, 3.63) is 57.2 Å². The fraction of sp³-hybridized carbons (Fsp3) is 0.263. The van der Waals surface area contributed by atoms with Gasteiger partial charge in [-0.15, -0.1) is 0 Å². The first kappa shape index (κ1) is 19.2. The molecule has 0 spiro atoms. The van der Waals surface area contributed by atoms with Gasteiger partial charge in [-0.05, 0) is 55.8 Å². The molecular formula is C19H19ClN2O2S2. The van der Waals surface area contributed by atoms with Crippen LogP contribution >= 0.6 is 35.6 Å². The molecule has 0 saturated carbocycles. The lowest BCUT2D eigenvalue weighted by Crippen LogP contribution is -2.31. The monoisotopic (exact) mass is 406 g/mol. The van der Waals surface area contributed by atoms with E-state index >= 15 is 0 Å². The lowest BCUT2D eigenvalue weighted by Gasteiger charge is -2.12. The van der Waals surface area contributed by atoms with Gasteiger partial charge in [-0.1, -0.05) is 35.6 Å². The molecule has 0 N–H and O–H groups in total. The maximum atomic E-state index is 12.6. The number of thioether (sulfide) groups is 1. The van der Waals surface area contributed by atoms with Crippen molar-refractivity contribution >= 4 is 51.9 Å². The van der Waals surface area contributed by atoms with Gasteiger partial charge in [-0.25, -0.2) is 0 Å². The van der Waals surface area contributed by atoms with E-state index in [0.717, 1.165) is 22.6 Å². The van der Waals surface area contributed by atoms with Crippen molar-refractivity contribution in [3.8, 4) is 5.69 Å². The number of carbonyl (C=O) groups is 1. The average Bonchev–Trinajstić information content (AvgIpc) is 3.03. The molecule has 2 aromatic rings. The number of nitrogens with zero attached hydrogens (tertiary/aromatic N) is 2. The van der Waals surface area contributed by atoms with Crippen molar-refractivity contribution in [2.75, 3.05) is 20.3 Å². The molecule has 1 amide bonds. The summed E-state index contributed by atoms with van der Waals surface area (Å²) in [6.45, 7) is 5.02. The smallest absolute Gasteiger partial charge is 0.266 e. The van der Waals surface area contributed by atoms with Crippen LogP contribution in [-0.4, -0.2) is 40.0 Å². The number of thiocarbonyl (C=S) groups is 1. The van der Waals surface area contributed by atoms with Crippen molar-refractivity contribution < 1.29 is 9.53 Å². The second kappa shape index (κ2) is 7.96. The largest absolute Gasteiger partial charge is 0.383 e. The van der Waals surface area contributed by atoms with Crippen molar-refractivity contribution in [1.29, 1.82) is 0 Å². The topological polar surface area (TPSA) is 34.5 Å². The number of methoxy groups -OCH3 is 1. The Morgan fingerprint density at radius 1 is 1.27 bits per heavy atom. The third-order valence-electron chi connectivity index (χ3n) is 4.23. The van der Waals surface area contributed by atoms with Gasteiger partial charge < -0.3 is 9.30 Å². The third-order valence-corrected chi connectivity index (χ3v) is 5.86. The highest BCUT2D eigenvalue weighted by Gasteiger charge is 2.31. The molecule has 3 rings (SSSR count). The Balaban J connectivity index is 1.93. The summed E-state index contributed by atoms with van der Waals surface area (Å²) < 4.78 is 7.78. The van der Waals surface area contributed by atoms with Crippen LogP contribution < -0.4 is 0 Å². The number of carbonyl (C=O) groups excluding carboxylic acids is 1. The van der Waals surface area contributed by atoms with Gasteiger partial charge in [0.25, 0.3) is 5.91 Å². The molecule has 136 valence electrons. The molecule has 1 saturated heterocycles. The fourth-order valence-electron chi connectivity index (χ4n) is 2.94. The van der Waals surface area contributed by atoms with E-state index in [2.05, 4.69) is 10.6 Å². The zero-order chi connectivity index (χ0) is 18.8. The minimum absolute atomic E-state index is 0.0617. The molecule has 1 aliphatic heterocycles. The van der Waals surface area contributed by atoms with Crippen molar-refractivity contribution in [2.24, 2.45) is 0 Å². The highest BCUT2D eigenvalue weighted by Crippen LogP contribution is 2.34. The van der Waals surface area contributed by atoms with Crippen LogP contribution in [0.3, 0.4) is 0 Å². The molecule has 0 aliphatic carbocycles. The van der Waals surface area contributed by atoms with Gasteiger partial charge in [0, 0.05) is 29.2 Å². The van der Waals surface area contributed by atoms with Gasteiger partial charge in [0.2, 0.25) is 0 Å². The Morgan fingerprint density at radius 2 is 1.96 bits per heavy atom. The van der Waals surface area contributed by atoms with E-state index in [1.807, 2.05) is 44.2 Å². The molecule has 0 radical (unpaired) electrons. The molecule has 26 heavy (non-hydrogen) atoms. The Hall–Kier alpha value is -1.60. The molecule has 0 atom stereocenters. The summed E-state index contributed by atoms with van der Waals surface area (Å²) in [4.78, 5) is 14.8. The fourth-order valence-corrected chi connectivity index (χ4v) is 4.36. The van der Waals surface area contributed by atoms with Crippen molar-refractivity contribution in [2.45, 2.75) is 13.8 Å². The Labute approximate surface area is 167 Å². The minimum atomic E-state index is -0.0617. The summed E-state index contributed by atoms with van der Waals surface area (Å²) >= 11 is 12.7. The SMILES string of the molecule is COCCN1C(=O)/C(=C/c2cc(C)n(-c3ccc(Cl)cc3)c2C)SC1=S. The number of benzene rings is 1. The summed E-state index contributed by atoms with van der Waals surface area (Å²) in [6.07, 6.45) is 1.92. The van der Waals surface area contributed by atoms with Crippen LogP contribution in [0.4, 0.5) is 0 Å². The quantitative estimate of drug-likeness (QED) is 0.537. The molecule has 1 aliphatic rings. The van der Waals surface area contributed by atoms with E-state index in [0.29, 0.717) is 27.4 Å². The summed E-state index contributed by atoms with van der Waals surface area (Å²) in [5.74, 6) is -0.0617. The lowest BCUT2D eigenvalue weighted by atomic mass is 10.2.